The maximum Gasteiger partial charge on any atom is 0.257 e. The van der Waals surface area contributed by atoms with Crippen molar-refractivity contribution in [3.8, 4) is 11.5 Å². The van der Waals surface area contributed by atoms with Crippen LogP contribution in [0.1, 0.15) is 49.6 Å². The number of ether oxygens (including phenoxy) is 2. The van der Waals surface area contributed by atoms with Crippen LogP contribution < -0.4 is 52.1 Å². The molecule has 22 heteroatoms. The second kappa shape index (κ2) is 28.0. The second-order valence-electron chi connectivity index (χ2n) is 20.5. The number of piperazine rings is 2. The highest BCUT2D eigenvalue weighted by atomic mass is 35.5. The number of hydrogen-bond acceptors (Lipinski definition) is 14. The van der Waals surface area contributed by atoms with Crippen LogP contribution in [0.15, 0.2) is 107 Å². The third-order valence-electron chi connectivity index (χ3n) is 14.6. The van der Waals surface area contributed by atoms with Gasteiger partial charge in [-0.1, -0.05) is 72.4 Å². The van der Waals surface area contributed by atoms with Gasteiger partial charge in [0.25, 0.3) is 22.9 Å². The molecule has 4 aromatic carbocycles. The van der Waals surface area contributed by atoms with Crippen LogP contribution in [0.5, 0.6) is 11.5 Å². The first-order valence-electron chi connectivity index (χ1n) is 27.0. The van der Waals surface area contributed by atoms with Crippen molar-refractivity contribution < 1.29 is 28.7 Å². The Bertz CT molecular complexity index is 3310. The van der Waals surface area contributed by atoms with Gasteiger partial charge in [0.1, 0.15) is 18.1 Å². The molecule has 2 aromatic heterocycles. The molecule has 0 spiro atoms. The van der Waals surface area contributed by atoms with Crippen molar-refractivity contribution in [1.82, 2.24) is 34.9 Å². The fraction of sp³-hybridized carbons (Fsp3) is 0.414. The van der Waals surface area contributed by atoms with Gasteiger partial charge in [0.15, 0.2) is 0 Å². The molecular weight excluding hydrogens is 1110 g/mol. The fourth-order valence-electron chi connectivity index (χ4n) is 9.88. The molecule has 6 aromatic rings. The summed E-state index contributed by atoms with van der Waals surface area (Å²) in [4.78, 5) is 89.3. The number of carbonyl (C=O) groups is 4. The Labute approximate surface area is 484 Å². The summed E-state index contributed by atoms with van der Waals surface area (Å²) in [5, 5.41) is 12.0. The molecule has 2 aliphatic rings. The summed E-state index contributed by atoms with van der Waals surface area (Å²) in [5.74, 6) is -1.54. The summed E-state index contributed by atoms with van der Waals surface area (Å²) in [6, 6.07) is 25.4. The van der Waals surface area contributed by atoms with E-state index in [2.05, 4.69) is 35.6 Å². The molecular formula is C58H68Cl4N10O8. The monoisotopic (exact) mass is 1170 g/mol. The average molecular weight is 1180 g/mol. The number of rotatable bonds is 23. The van der Waals surface area contributed by atoms with Crippen LogP contribution in [0.3, 0.4) is 0 Å². The first-order valence-corrected chi connectivity index (χ1v) is 28.5. The van der Waals surface area contributed by atoms with E-state index in [0.29, 0.717) is 80.5 Å². The van der Waals surface area contributed by atoms with Crippen LogP contribution in [-0.2, 0) is 9.59 Å². The number of nitrogens with zero attached hydrogens (tertiary/aromatic N) is 6. The number of hydrogen-bond donors (Lipinski definition) is 4. The molecule has 0 bridgehead atoms. The van der Waals surface area contributed by atoms with Crippen molar-refractivity contribution >= 4 is 103 Å². The first-order chi connectivity index (χ1) is 38.4. The van der Waals surface area contributed by atoms with Gasteiger partial charge in [-0.3, -0.25) is 43.9 Å². The van der Waals surface area contributed by atoms with Gasteiger partial charge < -0.3 is 35.6 Å². The van der Waals surface area contributed by atoms with Crippen molar-refractivity contribution in [2.45, 2.75) is 58.2 Å². The van der Waals surface area contributed by atoms with E-state index in [0.717, 1.165) is 79.2 Å². The van der Waals surface area contributed by atoms with E-state index in [4.69, 9.17) is 61.6 Å². The molecule has 4 heterocycles. The topological polar surface area (TPSA) is 206 Å². The molecule has 8 rings (SSSR count). The van der Waals surface area contributed by atoms with Gasteiger partial charge in [-0.25, -0.2) is 9.13 Å². The zero-order valence-electron chi connectivity index (χ0n) is 45.1. The Hall–Kier alpha value is -6.22. The Morgan fingerprint density at radius 3 is 1.57 bits per heavy atom. The summed E-state index contributed by atoms with van der Waals surface area (Å²) < 4.78 is 14.5. The van der Waals surface area contributed by atoms with Crippen LogP contribution in [-0.4, -0.2) is 152 Å². The first kappa shape index (κ1) is 59.9. The van der Waals surface area contributed by atoms with E-state index in [9.17, 15) is 28.8 Å². The molecule has 0 aliphatic carbocycles. The summed E-state index contributed by atoms with van der Waals surface area (Å²) in [7, 11) is 0. The standard InChI is InChI=1S/C58H68Cl4N10O8/c1-37(2)56(63)58(78)65-35-53(76)72-49-33-43(17-13-40(49)15-19-51(72)74)80-36-41(20-22-68-25-29-70(30-26-68)47-11-7-9-45(60)55(47)62)66-38(3)57(77)64-34-52(75)71-48-32-42(16-12-39(48)14-18-50(71)73)79-31-5-4-21-67-23-27-69(28-24-67)46-10-6-8-44(59)54(46)61/h6-19,32-33,37-38,41,56,66H,4-5,20-31,34-36,63H2,1-3H3,(H,64,77)(H,65,78). The van der Waals surface area contributed by atoms with Crippen LogP contribution in [0.2, 0.25) is 20.1 Å². The Balaban J connectivity index is 0.877. The maximum absolute atomic E-state index is 13.9. The lowest BCUT2D eigenvalue weighted by molar-refractivity contribution is -0.123. The molecule has 0 saturated carbocycles. The van der Waals surface area contributed by atoms with E-state index >= 15 is 0 Å². The number of unbranched alkanes of at least 4 members (excludes halogenated alkanes) is 1. The lowest BCUT2D eigenvalue weighted by Gasteiger charge is -2.37. The molecule has 426 valence electrons. The number of aromatic nitrogens is 2. The van der Waals surface area contributed by atoms with Gasteiger partial charge in [-0.05, 0) is 117 Å². The predicted octanol–water partition coefficient (Wildman–Crippen LogP) is 7.05. The number of halogens is 4. The van der Waals surface area contributed by atoms with E-state index in [1.54, 1.807) is 75.4 Å². The van der Waals surface area contributed by atoms with E-state index in [1.807, 2.05) is 30.3 Å². The summed E-state index contributed by atoms with van der Waals surface area (Å²) in [6.45, 7) is 12.8. The van der Waals surface area contributed by atoms with Crippen molar-refractivity contribution in [1.29, 1.82) is 0 Å². The summed E-state index contributed by atoms with van der Waals surface area (Å²) >= 11 is 25.6. The van der Waals surface area contributed by atoms with Crippen molar-refractivity contribution in [2.75, 3.05) is 102 Å². The van der Waals surface area contributed by atoms with E-state index in [-0.39, 0.29) is 18.0 Å². The fourth-order valence-corrected chi connectivity index (χ4v) is 10.7. The number of pyridine rings is 2. The molecule has 2 fully saturated rings. The molecule has 80 heavy (non-hydrogen) atoms. The van der Waals surface area contributed by atoms with Gasteiger partial charge in [-0.15, -0.1) is 0 Å². The summed E-state index contributed by atoms with van der Waals surface area (Å²) in [6.07, 6.45) is 2.26. The normalized spacial score (nSPS) is 15.5. The minimum Gasteiger partial charge on any atom is -0.494 e. The largest absolute Gasteiger partial charge is 0.494 e. The number of benzene rings is 4. The average Bonchev–Trinajstić information content (AvgIpc) is 3.48. The van der Waals surface area contributed by atoms with E-state index in [1.165, 1.54) is 12.1 Å². The quantitative estimate of drug-likeness (QED) is 0.0475. The maximum atomic E-state index is 13.9. The third-order valence-corrected chi connectivity index (χ3v) is 16.3. The number of fused-ring (bicyclic) bond motifs is 2. The minimum atomic E-state index is -0.826. The Morgan fingerprint density at radius 1 is 0.588 bits per heavy atom. The van der Waals surface area contributed by atoms with Crippen LogP contribution in [0, 0.1) is 5.92 Å². The van der Waals surface area contributed by atoms with Gasteiger partial charge in [-0.2, -0.15) is 0 Å². The van der Waals surface area contributed by atoms with E-state index < -0.39 is 66.0 Å². The lowest BCUT2D eigenvalue weighted by atomic mass is 10.1. The number of amides is 2. The van der Waals surface area contributed by atoms with Gasteiger partial charge >= 0.3 is 0 Å². The SMILES string of the molecule is CC(NC(CCN1CCN(c2cccc(Cl)c2Cl)CC1)COc1ccc2ccc(=O)n(C(=O)CNC(=O)C(N)C(C)C)c2c1)C(=O)NCC(=O)n1c(=O)ccc2ccc(OCCCCN3CCN(c4cccc(Cl)c4Cl)CC3)cc21. The lowest BCUT2D eigenvalue weighted by Crippen LogP contribution is -2.52. The van der Waals surface area contributed by atoms with Crippen molar-refractivity contribution in [2.24, 2.45) is 11.7 Å². The van der Waals surface area contributed by atoms with Crippen LogP contribution in [0.25, 0.3) is 21.8 Å². The summed E-state index contributed by atoms with van der Waals surface area (Å²) in [5.41, 5.74) is 7.32. The number of carbonyl (C=O) groups excluding carboxylic acids is 4. The smallest absolute Gasteiger partial charge is 0.257 e. The zero-order chi connectivity index (χ0) is 57.0. The third kappa shape index (κ3) is 15.2. The molecule has 3 atom stereocenters. The highest BCUT2D eigenvalue weighted by Crippen LogP contribution is 2.34. The molecule has 18 nitrogen and oxygen atoms in total. The number of nitrogens with one attached hydrogen (secondary N) is 3. The second-order valence-corrected chi connectivity index (χ2v) is 22.1. The molecule has 0 radical (unpaired) electrons. The number of anilines is 2. The number of nitrogens with two attached hydrogens (primary N) is 1. The highest BCUT2D eigenvalue weighted by molar-refractivity contribution is 6.44. The van der Waals surface area contributed by atoms with Crippen molar-refractivity contribution in [3.63, 3.8) is 0 Å². The molecule has 2 saturated heterocycles. The molecule has 5 N–H and O–H groups in total. The Kier molecular flexibility index (Phi) is 20.9. The zero-order valence-corrected chi connectivity index (χ0v) is 48.1. The van der Waals surface area contributed by atoms with Gasteiger partial charge in [0.2, 0.25) is 11.8 Å². The van der Waals surface area contributed by atoms with Gasteiger partial charge in [0, 0.05) is 82.7 Å². The molecule has 2 amide bonds. The van der Waals surface area contributed by atoms with Crippen molar-refractivity contribution in [3.05, 3.63) is 138 Å². The van der Waals surface area contributed by atoms with Crippen LogP contribution in [0.4, 0.5) is 11.4 Å². The predicted molar refractivity (Wildman–Crippen MR) is 318 cm³/mol. The Morgan fingerprint density at radius 2 is 1.06 bits per heavy atom. The molecule has 2 aliphatic heterocycles. The van der Waals surface area contributed by atoms with Gasteiger partial charge in [0.05, 0.1) is 74.3 Å². The van der Waals surface area contributed by atoms with Crippen LogP contribution >= 0.6 is 46.4 Å². The minimum absolute atomic E-state index is 0.0725. The highest BCUT2D eigenvalue weighted by Gasteiger charge is 2.26. The molecule has 3 unspecified atom stereocenters.